The quantitative estimate of drug-likeness (QED) is 0.0222. The van der Waals surface area contributed by atoms with Crippen molar-refractivity contribution in [1.82, 2.24) is 0 Å². The number of phosphoric ester groups is 2. The van der Waals surface area contributed by atoms with Gasteiger partial charge in [0.05, 0.1) is 26.4 Å². The molecule has 636 valence electrons. The van der Waals surface area contributed by atoms with Crippen LogP contribution in [-0.2, 0) is 65.4 Å². The molecule has 19 heteroatoms. The average Bonchev–Trinajstić information content (AvgIpc) is 0.902. The van der Waals surface area contributed by atoms with Gasteiger partial charge in [-0.05, 0) is 49.4 Å². The summed E-state index contributed by atoms with van der Waals surface area (Å²) in [6.07, 6.45) is 66.9. The molecule has 0 spiro atoms. The van der Waals surface area contributed by atoms with E-state index in [0.717, 1.165) is 114 Å². The van der Waals surface area contributed by atoms with Crippen LogP contribution in [0.3, 0.4) is 0 Å². The van der Waals surface area contributed by atoms with Crippen molar-refractivity contribution < 1.29 is 80.2 Å². The first-order valence-electron chi connectivity index (χ1n) is 45.3. The SMILES string of the molecule is CCC(C)CCCCCCCCCCCCCCCCCCCCC(=O)O[C@H](COC(=O)CCCCCCCCCCCCCC(C)C)COP(=O)(O)OC[C@@H](O)COP(=O)(O)OC[C@@H](COC(=O)CCCCCCCCC(C)C)OC(=O)CCCCCCCCCCCCCCCCCCCCC(C)CC. The molecule has 3 N–H and O–H groups in total. The molecule has 0 aliphatic rings. The molecule has 0 heterocycles. The van der Waals surface area contributed by atoms with Gasteiger partial charge in [-0.1, -0.05) is 409 Å². The molecule has 0 bridgehead atoms. The third kappa shape index (κ3) is 79.1. The molecule has 0 aliphatic heterocycles. The Hall–Kier alpha value is -1.94. The van der Waals surface area contributed by atoms with Crippen molar-refractivity contribution in [3.63, 3.8) is 0 Å². The van der Waals surface area contributed by atoms with Crippen molar-refractivity contribution >= 4 is 39.5 Å². The zero-order chi connectivity index (χ0) is 78.8. The van der Waals surface area contributed by atoms with E-state index in [0.29, 0.717) is 31.6 Å². The van der Waals surface area contributed by atoms with Crippen molar-refractivity contribution in [1.29, 1.82) is 0 Å². The van der Waals surface area contributed by atoms with Crippen LogP contribution < -0.4 is 0 Å². The number of aliphatic hydroxyl groups is 1. The molecular formula is C88H172O17P2. The average molecular weight is 1560 g/mol. The zero-order valence-corrected chi connectivity index (χ0v) is 72.6. The highest BCUT2D eigenvalue weighted by Gasteiger charge is 2.31. The maximum absolute atomic E-state index is 13.1. The molecule has 0 rings (SSSR count). The highest BCUT2D eigenvalue weighted by atomic mass is 31.2. The van der Waals surface area contributed by atoms with Crippen LogP contribution in [0.15, 0.2) is 0 Å². The van der Waals surface area contributed by atoms with E-state index >= 15 is 0 Å². The van der Waals surface area contributed by atoms with Gasteiger partial charge in [-0.25, -0.2) is 9.13 Å². The number of hydrogen-bond acceptors (Lipinski definition) is 15. The monoisotopic (exact) mass is 1560 g/mol. The maximum atomic E-state index is 13.1. The van der Waals surface area contributed by atoms with Crippen LogP contribution in [0, 0.1) is 23.7 Å². The minimum absolute atomic E-state index is 0.107. The van der Waals surface area contributed by atoms with Gasteiger partial charge in [0, 0.05) is 25.7 Å². The summed E-state index contributed by atoms with van der Waals surface area (Å²) in [7, 11) is -9.93. The van der Waals surface area contributed by atoms with Gasteiger partial charge in [0.2, 0.25) is 0 Å². The molecule has 0 aromatic carbocycles. The van der Waals surface area contributed by atoms with Crippen molar-refractivity contribution in [3.05, 3.63) is 0 Å². The minimum Gasteiger partial charge on any atom is -0.462 e. The van der Waals surface area contributed by atoms with E-state index in [9.17, 15) is 43.2 Å². The summed E-state index contributed by atoms with van der Waals surface area (Å²) in [5.41, 5.74) is 0. The number of ether oxygens (including phenoxy) is 4. The first kappa shape index (κ1) is 105. The molecule has 0 aliphatic carbocycles. The molecule has 0 aromatic rings. The topological polar surface area (TPSA) is 237 Å². The molecule has 0 saturated heterocycles. The predicted octanol–water partition coefficient (Wildman–Crippen LogP) is 26.7. The highest BCUT2D eigenvalue weighted by molar-refractivity contribution is 7.47. The lowest BCUT2D eigenvalue weighted by molar-refractivity contribution is -0.161. The molecular weight excluding hydrogens is 1390 g/mol. The first-order valence-corrected chi connectivity index (χ1v) is 48.3. The van der Waals surface area contributed by atoms with Crippen molar-refractivity contribution in [2.45, 2.75) is 478 Å². The van der Waals surface area contributed by atoms with E-state index in [-0.39, 0.29) is 25.7 Å². The van der Waals surface area contributed by atoms with Crippen LogP contribution in [0.4, 0.5) is 0 Å². The van der Waals surface area contributed by atoms with Gasteiger partial charge in [0.25, 0.3) is 0 Å². The summed E-state index contributed by atoms with van der Waals surface area (Å²) in [6, 6.07) is 0. The highest BCUT2D eigenvalue weighted by Crippen LogP contribution is 2.45. The lowest BCUT2D eigenvalue weighted by Crippen LogP contribution is -2.30. The molecule has 0 radical (unpaired) electrons. The van der Waals surface area contributed by atoms with Gasteiger partial charge in [0.1, 0.15) is 19.3 Å². The van der Waals surface area contributed by atoms with Crippen LogP contribution in [0.25, 0.3) is 0 Å². The Morgan fingerprint density at radius 1 is 0.262 bits per heavy atom. The number of rotatable bonds is 85. The van der Waals surface area contributed by atoms with Crippen LogP contribution >= 0.6 is 15.6 Å². The largest absolute Gasteiger partial charge is 0.472 e. The van der Waals surface area contributed by atoms with Crippen LogP contribution in [-0.4, -0.2) is 96.7 Å². The second-order valence-corrected chi connectivity index (χ2v) is 36.0. The third-order valence-electron chi connectivity index (χ3n) is 21.3. The maximum Gasteiger partial charge on any atom is 0.472 e. The lowest BCUT2D eigenvalue weighted by atomic mass is 9.99. The van der Waals surface area contributed by atoms with E-state index in [1.807, 2.05) is 0 Å². The summed E-state index contributed by atoms with van der Waals surface area (Å²) in [5, 5.41) is 10.7. The molecule has 17 nitrogen and oxygen atoms in total. The molecule has 0 saturated carbocycles. The van der Waals surface area contributed by atoms with E-state index in [4.69, 9.17) is 37.0 Å². The van der Waals surface area contributed by atoms with Crippen LogP contribution in [0.5, 0.6) is 0 Å². The number of esters is 4. The minimum atomic E-state index is -4.97. The van der Waals surface area contributed by atoms with E-state index in [1.165, 1.54) is 257 Å². The van der Waals surface area contributed by atoms with Gasteiger partial charge in [-0.2, -0.15) is 0 Å². The van der Waals surface area contributed by atoms with Crippen LogP contribution in [0.1, 0.15) is 460 Å². The summed E-state index contributed by atoms with van der Waals surface area (Å²) < 4.78 is 68.9. The number of hydrogen-bond donors (Lipinski definition) is 3. The van der Waals surface area contributed by atoms with Gasteiger partial charge in [-0.15, -0.1) is 0 Å². The van der Waals surface area contributed by atoms with Crippen molar-refractivity contribution in [3.8, 4) is 0 Å². The number of unbranched alkanes of at least 4 members (excludes halogenated alkanes) is 49. The summed E-state index contributed by atoms with van der Waals surface area (Å²) in [5.74, 6) is 1.08. The Morgan fingerprint density at radius 2 is 0.449 bits per heavy atom. The summed E-state index contributed by atoms with van der Waals surface area (Å²) >= 11 is 0. The molecule has 4 unspecified atom stereocenters. The second kappa shape index (κ2) is 76.7. The van der Waals surface area contributed by atoms with Crippen molar-refractivity contribution in [2.75, 3.05) is 39.6 Å². The number of carbonyl (C=O) groups excluding carboxylic acids is 4. The number of phosphoric acid groups is 2. The Balaban J connectivity index is 5.16. The summed E-state index contributed by atoms with van der Waals surface area (Å²) in [6.45, 7) is 14.3. The predicted molar refractivity (Wildman–Crippen MR) is 441 cm³/mol. The first-order chi connectivity index (χ1) is 51.7. The fourth-order valence-corrected chi connectivity index (χ4v) is 15.2. The second-order valence-electron chi connectivity index (χ2n) is 33.1. The van der Waals surface area contributed by atoms with Crippen molar-refractivity contribution in [2.24, 2.45) is 23.7 Å². The van der Waals surface area contributed by atoms with Gasteiger partial charge in [0.15, 0.2) is 12.2 Å². The zero-order valence-electron chi connectivity index (χ0n) is 70.8. The molecule has 0 fully saturated rings. The molecule has 0 amide bonds. The van der Waals surface area contributed by atoms with Gasteiger partial charge in [-0.3, -0.25) is 37.3 Å². The van der Waals surface area contributed by atoms with Gasteiger partial charge >= 0.3 is 39.5 Å². The Labute approximate surface area is 658 Å². The molecule has 7 atom stereocenters. The Morgan fingerprint density at radius 3 is 0.664 bits per heavy atom. The normalized spacial score (nSPS) is 14.4. The standard InChI is InChI=1S/C88H172O17P2/c1-9-80(7)66-58-50-41-35-29-23-19-15-11-13-17-21-25-31-38-44-54-62-70-87(92)104-83(74-98-85(90)68-60-52-43-37-33-27-28-34-40-48-56-64-78(3)4)76-102-106(94,95)100-72-82(89)73-101-107(96,97)103-77-84(75-99-86(91)69-61-53-47-46-49-57-65-79(5)6)105-88(93)71-63-55-45-39-32-26-22-18-14-12-16-20-24-30-36-42-51-59-67-81(8)10-2/h78-84,89H,9-77H2,1-8H3,(H,94,95)(H,96,97)/t80?,81?,82-,83-,84-/m1/s1. The van der Waals surface area contributed by atoms with E-state index in [2.05, 4.69) is 55.4 Å². The fourth-order valence-electron chi connectivity index (χ4n) is 13.6. The number of aliphatic hydroxyl groups excluding tert-OH is 1. The molecule has 0 aromatic heterocycles. The Kier molecular flexibility index (Phi) is 75.3. The van der Waals surface area contributed by atoms with Crippen LogP contribution in [0.2, 0.25) is 0 Å². The fraction of sp³-hybridized carbons (Fsp3) is 0.955. The smallest absolute Gasteiger partial charge is 0.462 e. The Bertz CT molecular complexity index is 2080. The number of carbonyl (C=O) groups is 4. The third-order valence-corrected chi connectivity index (χ3v) is 23.2. The van der Waals surface area contributed by atoms with Gasteiger partial charge < -0.3 is 33.8 Å². The summed E-state index contributed by atoms with van der Waals surface area (Å²) in [4.78, 5) is 73.2. The van der Waals surface area contributed by atoms with E-state index in [1.54, 1.807) is 0 Å². The molecule has 107 heavy (non-hydrogen) atoms. The lowest BCUT2D eigenvalue weighted by Gasteiger charge is -2.21. The van der Waals surface area contributed by atoms with E-state index < -0.39 is 97.5 Å².